The van der Waals surface area contributed by atoms with Crippen LogP contribution in [-0.2, 0) is 0 Å². The SMILES string of the molecule is c1ccc(-c2cccc(-c3nc(-c4ccc(-c5cccc6ccccc56)cc4)nc(-c4ccc5ccc6oc7ccc8nc(-c9cccc%10ccccc9%10)oc8c7c6c5c4)n3)c2)cc1. The van der Waals surface area contributed by atoms with Crippen LogP contribution in [0.4, 0.5) is 0 Å². The minimum absolute atomic E-state index is 0.568. The van der Waals surface area contributed by atoms with E-state index in [-0.39, 0.29) is 0 Å². The number of furan rings is 1. The van der Waals surface area contributed by atoms with Gasteiger partial charge in [0.2, 0.25) is 5.89 Å². The molecule has 0 amide bonds. The van der Waals surface area contributed by atoms with Crippen molar-refractivity contribution in [1.29, 1.82) is 0 Å². The van der Waals surface area contributed by atoms with Gasteiger partial charge in [-0.05, 0) is 91.0 Å². The quantitative estimate of drug-likeness (QED) is 0.166. The predicted octanol–water partition coefficient (Wildman–Crippen LogP) is 15.4. The zero-order chi connectivity index (χ0) is 42.1. The number of fused-ring (bicyclic) bond motifs is 9. The first-order valence-electron chi connectivity index (χ1n) is 21.4. The van der Waals surface area contributed by atoms with Gasteiger partial charge in [-0.1, -0.05) is 170 Å². The number of oxazole rings is 1. The first kappa shape index (κ1) is 36.0. The van der Waals surface area contributed by atoms with Crippen molar-refractivity contribution in [2.75, 3.05) is 0 Å². The van der Waals surface area contributed by atoms with Gasteiger partial charge in [0.25, 0.3) is 0 Å². The standard InChI is InChI=1S/C58H34N4O2/c1-2-11-35(12-3-1)41-17-8-18-42(33-41)56-60-55(40-26-23-38(24-27-40)45-21-9-15-36-13-4-6-19-44(36)45)61-57(62-56)43-28-25-39-29-31-50-52(48(39)34-43)53-51(63-50)32-30-49-54(53)64-58(59-49)47-22-10-16-37-14-5-7-20-46(37)47/h1-34H. The minimum Gasteiger partial charge on any atom is -0.456 e. The lowest BCUT2D eigenvalue weighted by molar-refractivity contribution is 0.623. The summed E-state index contributed by atoms with van der Waals surface area (Å²) in [6.45, 7) is 0. The lowest BCUT2D eigenvalue weighted by Crippen LogP contribution is -2.00. The highest BCUT2D eigenvalue weighted by Gasteiger charge is 2.21. The molecule has 0 N–H and O–H groups in total. The largest absolute Gasteiger partial charge is 0.456 e. The van der Waals surface area contributed by atoms with Crippen molar-refractivity contribution in [2.45, 2.75) is 0 Å². The number of nitrogens with zero attached hydrogens (tertiary/aromatic N) is 4. The fraction of sp³-hybridized carbons (Fsp3) is 0. The second kappa shape index (κ2) is 14.4. The van der Waals surface area contributed by atoms with Crippen LogP contribution in [0.2, 0.25) is 0 Å². The van der Waals surface area contributed by atoms with E-state index >= 15 is 0 Å². The molecule has 6 nitrogen and oxygen atoms in total. The number of benzene rings is 10. The highest BCUT2D eigenvalue weighted by molar-refractivity contribution is 6.25. The normalized spacial score (nSPS) is 11.8. The summed E-state index contributed by atoms with van der Waals surface area (Å²) in [6.07, 6.45) is 0. The maximum atomic E-state index is 6.73. The molecule has 6 heteroatoms. The molecule has 298 valence electrons. The second-order valence-electron chi connectivity index (χ2n) is 16.2. The Morgan fingerprint density at radius 1 is 0.297 bits per heavy atom. The molecular formula is C58H34N4O2. The van der Waals surface area contributed by atoms with E-state index in [1.54, 1.807) is 0 Å². The van der Waals surface area contributed by atoms with Crippen LogP contribution in [0.1, 0.15) is 0 Å². The third-order valence-corrected chi connectivity index (χ3v) is 12.4. The molecule has 0 radical (unpaired) electrons. The Bertz CT molecular complexity index is 3950. The van der Waals surface area contributed by atoms with Crippen molar-refractivity contribution in [1.82, 2.24) is 19.9 Å². The summed E-state index contributed by atoms with van der Waals surface area (Å²) in [5.74, 6) is 2.32. The van der Waals surface area contributed by atoms with Gasteiger partial charge in [0, 0.05) is 27.6 Å². The molecule has 0 aliphatic rings. The molecular weight excluding hydrogens is 785 g/mol. The minimum atomic E-state index is 0.568. The van der Waals surface area contributed by atoms with Crippen LogP contribution in [0.3, 0.4) is 0 Å². The van der Waals surface area contributed by atoms with E-state index in [9.17, 15) is 0 Å². The summed E-state index contributed by atoms with van der Waals surface area (Å²) in [6, 6.07) is 71.2. The lowest BCUT2D eigenvalue weighted by atomic mass is 9.97. The Morgan fingerprint density at radius 2 is 0.828 bits per heavy atom. The van der Waals surface area contributed by atoms with Crippen molar-refractivity contribution in [3.63, 3.8) is 0 Å². The molecule has 0 fully saturated rings. The molecule has 13 rings (SSSR count). The average molecular weight is 819 g/mol. The molecule has 0 saturated heterocycles. The molecule has 0 saturated carbocycles. The van der Waals surface area contributed by atoms with Crippen LogP contribution < -0.4 is 0 Å². The molecule has 13 aromatic rings. The van der Waals surface area contributed by atoms with Crippen LogP contribution in [-0.4, -0.2) is 19.9 Å². The monoisotopic (exact) mass is 818 g/mol. The third kappa shape index (κ3) is 5.96. The van der Waals surface area contributed by atoms with Crippen molar-refractivity contribution >= 4 is 65.4 Å². The highest BCUT2D eigenvalue weighted by Crippen LogP contribution is 2.42. The molecule has 10 aromatic carbocycles. The van der Waals surface area contributed by atoms with E-state index in [1.807, 2.05) is 42.5 Å². The predicted molar refractivity (Wildman–Crippen MR) is 260 cm³/mol. The number of hydrogen-bond acceptors (Lipinski definition) is 6. The molecule has 3 aromatic heterocycles. The lowest BCUT2D eigenvalue weighted by Gasteiger charge is -2.11. The second-order valence-corrected chi connectivity index (χ2v) is 16.2. The zero-order valence-corrected chi connectivity index (χ0v) is 34.2. The molecule has 0 aliphatic heterocycles. The summed E-state index contributed by atoms with van der Waals surface area (Å²) in [5.41, 5.74) is 11.1. The third-order valence-electron chi connectivity index (χ3n) is 12.4. The Morgan fingerprint density at radius 3 is 1.61 bits per heavy atom. The van der Waals surface area contributed by atoms with Crippen molar-refractivity contribution < 1.29 is 8.83 Å². The summed E-state index contributed by atoms with van der Waals surface area (Å²) >= 11 is 0. The Balaban J connectivity index is 0.983. The summed E-state index contributed by atoms with van der Waals surface area (Å²) in [7, 11) is 0. The van der Waals surface area contributed by atoms with Gasteiger partial charge in [-0.15, -0.1) is 0 Å². The van der Waals surface area contributed by atoms with Gasteiger partial charge >= 0.3 is 0 Å². The van der Waals surface area contributed by atoms with Crippen molar-refractivity contribution in [2.24, 2.45) is 0 Å². The van der Waals surface area contributed by atoms with E-state index in [2.05, 4.69) is 164 Å². The average Bonchev–Trinajstić information content (AvgIpc) is 3.98. The van der Waals surface area contributed by atoms with Gasteiger partial charge in [0.15, 0.2) is 23.1 Å². The van der Waals surface area contributed by atoms with Crippen molar-refractivity contribution in [3.05, 3.63) is 206 Å². The maximum absolute atomic E-state index is 6.73. The molecule has 0 bridgehead atoms. The van der Waals surface area contributed by atoms with Crippen LogP contribution >= 0.6 is 0 Å². The van der Waals surface area contributed by atoms with Crippen molar-refractivity contribution in [3.8, 4) is 67.9 Å². The van der Waals surface area contributed by atoms with E-state index < -0.39 is 0 Å². The highest BCUT2D eigenvalue weighted by atomic mass is 16.4. The van der Waals surface area contributed by atoms with Gasteiger partial charge in [0.1, 0.15) is 16.7 Å². The summed E-state index contributed by atoms with van der Waals surface area (Å²) in [4.78, 5) is 20.6. The van der Waals surface area contributed by atoms with Crippen LogP contribution in [0.25, 0.3) is 133 Å². The number of aromatic nitrogens is 4. The van der Waals surface area contributed by atoms with Gasteiger partial charge < -0.3 is 8.83 Å². The topological polar surface area (TPSA) is 77.8 Å². The Hall–Kier alpha value is -8.74. The van der Waals surface area contributed by atoms with E-state index in [0.29, 0.717) is 28.9 Å². The zero-order valence-electron chi connectivity index (χ0n) is 34.2. The van der Waals surface area contributed by atoms with Gasteiger partial charge in [-0.25, -0.2) is 19.9 Å². The molecule has 0 aliphatic carbocycles. The number of rotatable bonds is 6. The van der Waals surface area contributed by atoms with Crippen LogP contribution in [0.5, 0.6) is 0 Å². The fourth-order valence-corrected chi connectivity index (χ4v) is 9.23. The van der Waals surface area contributed by atoms with Gasteiger partial charge in [-0.3, -0.25) is 0 Å². The van der Waals surface area contributed by atoms with E-state index in [1.165, 1.54) is 16.3 Å². The Labute approximate surface area is 366 Å². The van der Waals surface area contributed by atoms with Gasteiger partial charge in [-0.2, -0.15) is 0 Å². The molecule has 0 atom stereocenters. The molecule has 3 heterocycles. The molecule has 0 unspecified atom stereocenters. The Kier molecular flexibility index (Phi) is 8.11. The van der Waals surface area contributed by atoms with E-state index in [4.69, 9.17) is 28.8 Å². The smallest absolute Gasteiger partial charge is 0.227 e. The molecule has 64 heavy (non-hydrogen) atoms. The maximum Gasteiger partial charge on any atom is 0.227 e. The number of hydrogen-bond donors (Lipinski definition) is 0. The summed E-state index contributed by atoms with van der Waals surface area (Å²) < 4.78 is 13.3. The first-order chi connectivity index (χ1) is 31.7. The summed E-state index contributed by atoms with van der Waals surface area (Å²) in [5, 5.41) is 8.53. The first-order valence-corrected chi connectivity index (χ1v) is 21.4. The van der Waals surface area contributed by atoms with Crippen LogP contribution in [0.15, 0.2) is 215 Å². The van der Waals surface area contributed by atoms with E-state index in [0.717, 1.165) is 87.9 Å². The van der Waals surface area contributed by atoms with Crippen LogP contribution in [0, 0.1) is 0 Å². The molecule has 0 spiro atoms. The fourth-order valence-electron chi connectivity index (χ4n) is 9.23. The van der Waals surface area contributed by atoms with Gasteiger partial charge in [0.05, 0.1) is 5.39 Å².